The molecule has 7 nitrogen and oxygen atoms in total. The van der Waals surface area contributed by atoms with E-state index in [1.807, 2.05) is 13.8 Å². The topological polar surface area (TPSA) is 94.0 Å². The molecule has 2 aromatic rings. The molecular formula is C12H16N6OS. The molecule has 1 saturated heterocycles. The summed E-state index contributed by atoms with van der Waals surface area (Å²) in [5.41, 5.74) is 6.63. The molecule has 3 rings (SSSR count). The number of nitrogen functional groups attached to an aromatic ring is 1. The maximum Gasteiger partial charge on any atom is 0.264 e. The fraction of sp³-hybridized carbons (Fsp3) is 0.500. The van der Waals surface area contributed by atoms with Crippen molar-refractivity contribution in [3.05, 3.63) is 11.5 Å². The van der Waals surface area contributed by atoms with Crippen molar-refractivity contribution in [3.63, 3.8) is 0 Å². The van der Waals surface area contributed by atoms with Gasteiger partial charge < -0.3 is 15.1 Å². The number of hydrogen-bond acceptors (Lipinski definition) is 8. The van der Waals surface area contributed by atoms with Crippen LogP contribution in [0.25, 0.3) is 0 Å². The Balaban J connectivity index is 1.85. The summed E-state index contributed by atoms with van der Waals surface area (Å²) in [6.45, 7) is 5.71. The van der Waals surface area contributed by atoms with Crippen molar-refractivity contribution in [2.24, 2.45) is 0 Å². The van der Waals surface area contributed by atoms with Gasteiger partial charge in [-0.25, -0.2) is 4.98 Å². The summed E-state index contributed by atoms with van der Waals surface area (Å²) in [6, 6.07) is 0. The maximum atomic E-state index is 5.76. The van der Waals surface area contributed by atoms with E-state index in [2.05, 4.69) is 24.8 Å². The fourth-order valence-electron chi connectivity index (χ4n) is 2.03. The molecule has 8 heteroatoms. The molecule has 106 valence electrons. The van der Waals surface area contributed by atoms with Crippen molar-refractivity contribution in [1.82, 2.24) is 19.9 Å². The normalized spacial score (nSPS) is 15.0. The molecule has 0 unspecified atom stereocenters. The number of aromatic nitrogens is 4. The van der Waals surface area contributed by atoms with E-state index in [4.69, 9.17) is 10.2 Å². The van der Waals surface area contributed by atoms with Crippen molar-refractivity contribution in [3.8, 4) is 0 Å². The highest BCUT2D eigenvalue weighted by Gasteiger charge is 2.18. The number of nitrogens with two attached hydrogens (primary N) is 1. The van der Waals surface area contributed by atoms with E-state index >= 15 is 0 Å². The third kappa shape index (κ3) is 2.69. The lowest BCUT2D eigenvalue weighted by atomic mass is 10.4. The molecule has 0 spiro atoms. The zero-order chi connectivity index (χ0) is 14.1. The Bertz CT molecular complexity index is 603. The first-order chi connectivity index (χ1) is 9.61. The molecule has 0 atom stereocenters. The zero-order valence-corrected chi connectivity index (χ0v) is 12.3. The lowest BCUT2D eigenvalue weighted by Crippen LogP contribution is -2.21. The van der Waals surface area contributed by atoms with Crippen LogP contribution in [-0.4, -0.2) is 33.0 Å². The molecule has 0 aromatic carbocycles. The maximum absolute atomic E-state index is 5.76. The Morgan fingerprint density at radius 3 is 2.50 bits per heavy atom. The van der Waals surface area contributed by atoms with E-state index in [-0.39, 0.29) is 5.95 Å². The highest BCUT2D eigenvalue weighted by molar-refractivity contribution is 7.98. The highest BCUT2D eigenvalue weighted by Crippen LogP contribution is 2.27. The number of nitrogens with zero attached hydrogens (tertiary/aromatic N) is 5. The van der Waals surface area contributed by atoms with Crippen LogP contribution in [0.5, 0.6) is 0 Å². The smallest absolute Gasteiger partial charge is 0.264 e. The molecule has 20 heavy (non-hydrogen) atoms. The van der Waals surface area contributed by atoms with Crippen LogP contribution in [0.2, 0.25) is 0 Å². The molecule has 0 radical (unpaired) electrons. The first-order valence-corrected chi connectivity index (χ1v) is 7.32. The van der Waals surface area contributed by atoms with E-state index in [9.17, 15) is 0 Å². The van der Waals surface area contributed by atoms with Crippen LogP contribution in [0.15, 0.2) is 14.8 Å². The largest absolute Gasteiger partial charge is 0.436 e. The number of aryl methyl sites for hydroxylation is 2. The Kier molecular flexibility index (Phi) is 3.47. The molecule has 1 aliphatic rings. The van der Waals surface area contributed by atoms with Gasteiger partial charge in [-0.15, -0.1) is 0 Å². The van der Waals surface area contributed by atoms with E-state index in [1.165, 1.54) is 11.8 Å². The van der Waals surface area contributed by atoms with Crippen LogP contribution < -0.4 is 10.6 Å². The molecule has 1 fully saturated rings. The SMILES string of the molecule is Cc1nc(Sc2nc(N)nc(N3CCCC3)n2)oc1C. The predicted octanol–water partition coefficient (Wildman–Crippen LogP) is 1.81. The second kappa shape index (κ2) is 5.28. The average Bonchev–Trinajstić information content (AvgIpc) is 3.00. The standard InChI is InChI=1S/C12H16N6OS/c1-7-8(2)19-12(14-7)20-11-16-9(13)15-10(17-11)18-5-3-4-6-18/h3-6H2,1-2H3,(H2,13,15,16,17). The Hall–Kier alpha value is -1.83. The van der Waals surface area contributed by atoms with Crippen LogP contribution in [0.1, 0.15) is 24.3 Å². The number of hydrogen-bond donors (Lipinski definition) is 1. The molecule has 0 saturated carbocycles. The summed E-state index contributed by atoms with van der Waals surface area (Å²) < 4.78 is 5.52. The lowest BCUT2D eigenvalue weighted by Gasteiger charge is -2.15. The van der Waals surface area contributed by atoms with Gasteiger partial charge in [0, 0.05) is 24.9 Å². The summed E-state index contributed by atoms with van der Waals surface area (Å²) in [4.78, 5) is 19.2. The monoisotopic (exact) mass is 292 g/mol. The van der Waals surface area contributed by atoms with Crippen molar-refractivity contribution < 1.29 is 4.42 Å². The van der Waals surface area contributed by atoms with Crippen molar-refractivity contribution in [2.75, 3.05) is 23.7 Å². The number of rotatable bonds is 3. The highest BCUT2D eigenvalue weighted by atomic mass is 32.2. The molecule has 0 bridgehead atoms. The van der Waals surface area contributed by atoms with Crippen LogP contribution in [-0.2, 0) is 0 Å². The first-order valence-electron chi connectivity index (χ1n) is 6.50. The minimum absolute atomic E-state index is 0.226. The number of oxazole rings is 1. The van der Waals surface area contributed by atoms with Gasteiger partial charge in [-0.05, 0) is 26.7 Å². The molecule has 0 aliphatic carbocycles. The van der Waals surface area contributed by atoms with Gasteiger partial charge in [0.05, 0.1) is 5.69 Å². The molecule has 3 heterocycles. The fourth-order valence-corrected chi connectivity index (χ4v) is 2.80. The van der Waals surface area contributed by atoms with Gasteiger partial charge >= 0.3 is 0 Å². The second-order valence-electron chi connectivity index (χ2n) is 4.69. The quantitative estimate of drug-likeness (QED) is 0.915. The number of anilines is 2. The molecule has 2 N–H and O–H groups in total. The molecular weight excluding hydrogens is 276 g/mol. The van der Waals surface area contributed by atoms with Gasteiger partial charge in [0.25, 0.3) is 5.22 Å². The zero-order valence-electron chi connectivity index (χ0n) is 11.5. The minimum atomic E-state index is 0.226. The van der Waals surface area contributed by atoms with Gasteiger partial charge in [0.2, 0.25) is 17.1 Å². The predicted molar refractivity (Wildman–Crippen MR) is 75.8 cm³/mol. The van der Waals surface area contributed by atoms with Gasteiger partial charge in [-0.3, -0.25) is 0 Å². The van der Waals surface area contributed by atoms with Gasteiger partial charge in [-0.2, -0.15) is 15.0 Å². The van der Waals surface area contributed by atoms with E-state index in [0.29, 0.717) is 16.3 Å². The van der Waals surface area contributed by atoms with Crippen LogP contribution in [0, 0.1) is 13.8 Å². The van der Waals surface area contributed by atoms with Gasteiger partial charge in [0.15, 0.2) is 0 Å². The summed E-state index contributed by atoms with van der Waals surface area (Å²) in [7, 11) is 0. The van der Waals surface area contributed by atoms with Crippen LogP contribution >= 0.6 is 11.8 Å². The Morgan fingerprint density at radius 2 is 1.85 bits per heavy atom. The van der Waals surface area contributed by atoms with E-state index in [0.717, 1.165) is 37.4 Å². The Morgan fingerprint density at radius 1 is 1.10 bits per heavy atom. The average molecular weight is 292 g/mol. The Labute approximate surface area is 121 Å². The van der Waals surface area contributed by atoms with E-state index in [1.54, 1.807) is 0 Å². The van der Waals surface area contributed by atoms with Crippen LogP contribution in [0.3, 0.4) is 0 Å². The molecule has 1 aliphatic heterocycles. The van der Waals surface area contributed by atoms with E-state index < -0.39 is 0 Å². The van der Waals surface area contributed by atoms with Crippen molar-refractivity contribution in [2.45, 2.75) is 37.1 Å². The molecule has 2 aromatic heterocycles. The third-order valence-electron chi connectivity index (χ3n) is 3.20. The van der Waals surface area contributed by atoms with Gasteiger partial charge in [0.1, 0.15) is 5.76 Å². The summed E-state index contributed by atoms with van der Waals surface area (Å²) >= 11 is 1.26. The second-order valence-corrected chi connectivity index (χ2v) is 5.61. The van der Waals surface area contributed by atoms with Gasteiger partial charge in [-0.1, -0.05) is 0 Å². The lowest BCUT2D eigenvalue weighted by molar-refractivity contribution is 0.430. The first kappa shape index (κ1) is 13.2. The van der Waals surface area contributed by atoms with Crippen molar-refractivity contribution >= 4 is 23.7 Å². The summed E-state index contributed by atoms with van der Waals surface area (Å²) in [5, 5.41) is 1.04. The summed E-state index contributed by atoms with van der Waals surface area (Å²) in [5.74, 6) is 1.66. The van der Waals surface area contributed by atoms with Crippen molar-refractivity contribution in [1.29, 1.82) is 0 Å². The molecule has 0 amide bonds. The minimum Gasteiger partial charge on any atom is -0.436 e. The summed E-state index contributed by atoms with van der Waals surface area (Å²) in [6.07, 6.45) is 2.32. The van der Waals surface area contributed by atoms with Crippen LogP contribution in [0.4, 0.5) is 11.9 Å². The third-order valence-corrected chi connectivity index (χ3v) is 3.91.